The molecule has 1 amide bonds. The molecule has 2 aliphatic rings. The first-order valence-electron chi connectivity index (χ1n) is 10.9. The van der Waals surface area contributed by atoms with Gasteiger partial charge in [-0.25, -0.2) is 4.39 Å². The lowest BCUT2D eigenvalue weighted by molar-refractivity contribution is -0.161. The number of esters is 1. The molecule has 2 aliphatic heterocycles. The Hall–Kier alpha value is -3.29. The highest BCUT2D eigenvalue weighted by molar-refractivity contribution is 6.01. The van der Waals surface area contributed by atoms with E-state index in [4.69, 9.17) is 9.57 Å². The molecule has 1 aromatic carbocycles. The van der Waals surface area contributed by atoms with Gasteiger partial charge in [-0.05, 0) is 49.6 Å². The van der Waals surface area contributed by atoms with Crippen LogP contribution >= 0.6 is 0 Å². The van der Waals surface area contributed by atoms with E-state index < -0.39 is 5.41 Å². The molecule has 1 fully saturated rings. The molecule has 32 heavy (non-hydrogen) atoms. The summed E-state index contributed by atoms with van der Waals surface area (Å²) in [5, 5.41) is 4.17. The standard InChI is InChI=1S/C24H26FN3O4/c1-2-31-23(30)24(10-4-12-28(16-24)22(29)18-5-3-11-26-15-18)14-20-13-21(27-32-20)17-6-8-19(25)9-7-17/h3,5-9,11,15,20H,2,4,10,12-14,16H2,1H3/t20-,24+/m1/s1. The molecule has 8 heteroatoms. The molecular weight excluding hydrogens is 413 g/mol. The zero-order valence-electron chi connectivity index (χ0n) is 18.0. The van der Waals surface area contributed by atoms with E-state index in [-0.39, 0.29) is 36.9 Å². The van der Waals surface area contributed by atoms with Gasteiger partial charge in [0.15, 0.2) is 0 Å². The molecule has 3 heterocycles. The van der Waals surface area contributed by atoms with E-state index in [1.807, 2.05) is 0 Å². The normalized spacial score (nSPS) is 22.8. The Balaban J connectivity index is 1.50. The quantitative estimate of drug-likeness (QED) is 0.643. The minimum atomic E-state index is -0.870. The van der Waals surface area contributed by atoms with Gasteiger partial charge in [0.1, 0.15) is 11.9 Å². The second-order valence-corrected chi connectivity index (χ2v) is 8.25. The van der Waals surface area contributed by atoms with Gasteiger partial charge in [-0.2, -0.15) is 0 Å². The van der Waals surface area contributed by atoms with Crippen LogP contribution in [0, 0.1) is 11.2 Å². The largest absolute Gasteiger partial charge is 0.466 e. The average Bonchev–Trinajstić information content (AvgIpc) is 3.28. The van der Waals surface area contributed by atoms with Gasteiger partial charge in [0.05, 0.1) is 23.3 Å². The zero-order chi connectivity index (χ0) is 22.6. The van der Waals surface area contributed by atoms with Crippen molar-refractivity contribution in [1.82, 2.24) is 9.88 Å². The molecule has 0 aliphatic carbocycles. The van der Waals surface area contributed by atoms with Crippen LogP contribution in [0.5, 0.6) is 0 Å². The Morgan fingerprint density at radius 2 is 2.09 bits per heavy atom. The van der Waals surface area contributed by atoms with Crippen molar-refractivity contribution in [3.8, 4) is 0 Å². The molecule has 0 spiro atoms. The highest BCUT2D eigenvalue weighted by atomic mass is 19.1. The molecule has 7 nitrogen and oxygen atoms in total. The van der Waals surface area contributed by atoms with E-state index in [9.17, 15) is 14.0 Å². The van der Waals surface area contributed by atoms with Crippen molar-refractivity contribution in [2.24, 2.45) is 10.6 Å². The number of hydrogen-bond donors (Lipinski definition) is 0. The Morgan fingerprint density at radius 3 is 2.81 bits per heavy atom. The zero-order valence-corrected chi connectivity index (χ0v) is 18.0. The fraction of sp³-hybridized carbons (Fsp3) is 0.417. The molecule has 0 radical (unpaired) electrons. The Labute approximate surface area is 186 Å². The van der Waals surface area contributed by atoms with Gasteiger partial charge < -0.3 is 14.5 Å². The second-order valence-electron chi connectivity index (χ2n) is 8.25. The fourth-order valence-corrected chi connectivity index (χ4v) is 4.46. The van der Waals surface area contributed by atoms with Crippen LogP contribution in [0.4, 0.5) is 4.39 Å². The van der Waals surface area contributed by atoms with E-state index in [0.717, 1.165) is 5.56 Å². The maximum Gasteiger partial charge on any atom is 0.314 e. The van der Waals surface area contributed by atoms with Crippen molar-refractivity contribution in [2.45, 2.75) is 38.7 Å². The number of carbonyl (C=O) groups excluding carboxylic acids is 2. The number of piperidine rings is 1. The van der Waals surface area contributed by atoms with Crippen molar-refractivity contribution in [2.75, 3.05) is 19.7 Å². The van der Waals surface area contributed by atoms with Crippen LogP contribution in [0.1, 0.15) is 48.5 Å². The molecule has 2 atom stereocenters. The topological polar surface area (TPSA) is 81.1 Å². The van der Waals surface area contributed by atoms with E-state index in [1.165, 1.54) is 18.3 Å². The van der Waals surface area contributed by atoms with Crippen LogP contribution in [0.2, 0.25) is 0 Å². The number of oxime groups is 1. The predicted octanol–water partition coefficient (Wildman–Crippen LogP) is 3.59. The van der Waals surface area contributed by atoms with Crippen molar-refractivity contribution >= 4 is 17.6 Å². The van der Waals surface area contributed by atoms with Crippen LogP contribution in [0.3, 0.4) is 0 Å². The number of carbonyl (C=O) groups is 2. The summed E-state index contributed by atoms with van der Waals surface area (Å²) in [7, 11) is 0. The number of halogens is 1. The average molecular weight is 439 g/mol. The highest BCUT2D eigenvalue weighted by Crippen LogP contribution is 2.39. The van der Waals surface area contributed by atoms with Gasteiger partial charge in [-0.15, -0.1) is 0 Å². The summed E-state index contributed by atoms with van der Waals surface area (Å²) in [5.41, 5.74) is 1.13. The van der Waals surface area contributed by atoms with Crippen LogP contribution in [0.15, 0.2) is 53.9 Å². The summed E-state index contributed by atoms with van der Waals surface area (Å²) in [5.74, 6) is -0.781. The molecule has 1 aromatic heterocycles. The van der Waals surface area contributed by atoms with Gasteiger partial charge in [0.2, 0.25) is 0 Å². The smallest absolute Gasteiger partial charge is 0.314 e. The van der Waals surface area contributed by atoms with Crippen molar-refractivity contribution in [3.63, 3.8) is 0 Å². The molecule has 0 N–H and O–H groups in total. The lowest BCUT2D eigenvalue weighted by atomic mass is 9.74. The van der Waals surface area contributed by atoms with Crippen molar-refractivity contribution in [3.05, 3.63) is 65.7 Å². The van der Waals surface area contributed by atoms with Crippen LogP contribution in [-0.2, 0) is 14.4 Å². The first kappa shape index (κ1) is 21.9. The van der Waals surface area contributed by atoms with E-state index >= 15 is 0 Å². The van der Waals surface area contributed by atoms with Crippen LogP contribution < -0.4 is 0 Å². The number of pyridine rings is 1. The van der Waals surface area contributed by atoms with Crippen LogP contribution in [-0.4, -0.2) is 53.3 Å². The second kappa shape index (κ2) is 9.46. The number of ether oxygens (including phenoxy) is 1. The lowest BCUT2D eigenvalue weighted by Crippen LogP contribution is -2.51. The third kappa shape index (κ3) is 4.64. The number of amides is 1. The number of benzene rings is 1. The molecule has 0 bridgehead atoms. The predicted molar refractivity (Wildman–Crippen MR) is 115 cm³/mol. The van der Waals surface area contributed by atoms with Crippen molar-refractivity contribution < 1.29 is 23.6 Å². The summed E-state index contributed by atoms with van der Waals surface area (Å²) in [4.78, 5) is 37.5. The monoisotopic (exact) mass is 439 g/mol. The van der Waals surface area contributed by atoms with Gasteiger partial charge in [-0.1, -0.05) is 17.3 Å². The molecule has 0 saturated carbocycles. The third-order valence-electron chi connectivity index (χ3n) is 6.01. The van der Waals surface area contributed by atoms with E-state index in [0.29, 0.717) is 43.5 Å². The summed E-state index contributed by atoms with van der Waals surface area (Å²) in [6.45, 7) is 2.86. The third-order valence-corrected chi connectivity index (χ3v) is 6.01. The minimum absolute atomic E-state index is 0.151. The summed E-state index contributed by atoms with van der Waals surface area (Å²) in [6, 6.07) is 9.53. The van der Waals surface area contributed by atoms with Gasteiger partial charge in [0.25, 0.3) is 5.91 Å². The van der Waals surface area contributed by atoms with Gasteiger partial charge in [-0.3, -0.25) is 14.6 Å². The highest BCUT2D eigenvalue weighted by Gasteiger charge is 2.47. The Kier molecular flexibility index (Phi) is 6.48. The fourth-order valence-electron chi connectivity index (χ4n) is 4.46. The van der Waals surface area contributed by atoms with Gasteiger partial charge in [0, 0.05) is 38.3 Å². The molecule has 0 unspecified atom stereocenters. The maximum atomic E-state index is 13.2. The van der Waals surface area contributed by atoms with Crippen LogP contribution in [0.25, 0.3) is 0 Å². The first-order chi connectivity index (χ1) is 15.5. The maximum absolute atomic E-state index is 13.2. The number of likely N-dealkylation sites (tertiary alicyclic amines) is 1. The molecule has 2 aromatic rings. The lowest BCUT2D eigenvalue weighted by Gasteiger charge is -2.41. The Bertz CT molecular complexity index is 996. The summed E-state index contributed by atoms with van der Waals surface area (Å²) in [6.07, 6.45) is 5.00. The number of hydrogen-bond acceptors (Lipinski definition) is 6. The van der Waals surface area contributed by atoms with Gasteiger partial charge >= 0.3 is 5.97 Å². The molecular formula is C24H26FN3O4. The number of aromatic nitrogens is 1. The summed E-state index contributed by atoms with van der Waals surface area (Å²) >= 11 is 0. The van der Waals surface area contributed by atoms with E-state index in [2.05, 4.69) is 10.1 Å². The SMILES string of the molecule is CCOC(=O)[C@]1(C[C@H]2CC(c3ccc(F)cc3)=NO2)CCCN(C(=O)c2cccnc2)C1. The van der Waals surface area contributed by atoms with Crippen molar-refractivity contribution in [1.29, 1.82) is 0 Å². The molecule has 4 rings (SSSR count). The summed E-state index contributed by atoms with van der Waals surface area (Å²) < 4.78 is 18.7. The molecule has 168 valence electrons. The number of nitrogens with zero attached hydrogens (tertiary/aromatic N) is 3. The first-order valence-corrected chi connectivity index (χ1v) is 10.9. The number of rotatable bonds is 6. The van der Waals surface area contributed by atoms with E-state index in [1.54, 1.807) is 42.3 Å². The molecule has 1 saturated heterocycles. The Morgan fingerprint density at radius 1 is 1.28 bits per heavy atom. The minimum Gasteiger partial charge on any atom is -0.466 e.